The van der Waals surface area contributed by atoms with Gasteiger partial charge >= 0.3 is 6.18 Å². The van der Waals surface area contributed by atoms with Crippen LogP contribution in [0.1, 0.15) is 67.9 Å². The van der Waals surface area contributed by atoms with Gasteiger partial charge in [0.25, 0.3) is 0 Å². The van der Waals surface area contributed by atoms with Gasteiger partial charge in [-0.25, -0.2) is 0 Å². The number of hydrogen-bond acceptors (Lipinski definition) is 2. The smallest absolute Gasteiger partial charge is 0.413 e. The Morgan fingerprint density at radius 1 is 1.15 bits per heavy atom. The molecule has 0 aliphatic heterocycles. The second-order valence-corrected chi connectivity index (χ2v) is 13.6. The van der Waals surface area contributed by atoms with Gasteiger partial charge in [0.2, 0.25) is 0 Å². The minimum atomic E-state index is -4.43. The van der Waals surface area contributed by atoms with Crippen molar-refractivity contribution >= 4 is 14.1 Å². The number of carbonyl (C=O) groups excluding carboxylic acids is 1. The molecule has 2 rings (SSSR count). The van der Waals surface area contributed by atoms with Crippen LogP contribution >= 0.6 is 0 Å². The van der Waals surface area contributed by atoms with Crippen LogP contribution in [0.5, 0.6) is 0 Å². The van der Waals surface area contributed by atoms with E-state index in [4.69, 9.17) is 4.43 Å². The monoisotopic (exact) mass is 386 g/mol. The zero-order valence-corrected chi connectivity index (χ0v) is 17.3. The quantitative estimate of drug-likeness (QED) is 0.421. The molecule has 26 heavy (non-hydrogen) atoms. The number of ketones is 1. The molecule has 0 saturated heterocycles. The van der Waals surface area contributed by atoms with E-state index in [1.54, 1.807) is 0 Å². The van der Waals surface area contributed by atoms with Gasteiger partial charge in [-0.1, -0.05) is 39.7 Å². The first-order chi connectivity index (χ1) is 11.8. The van der Waals surface area contributed by atoms with E-state index in [1.165, 1.54) is 6.07 Å². The van der Waals surface area contributed by atoms with Crippen LogP contribution in [-0.4, -0.2) is 14.1 Å². The van der Waals surface area contributed by atoms with Gasteiger partial charge in [0, 0.05) is 11.5 Å². The molecule has 0 radical (unpaired) electrons. The van der Waals surface area contributed by atoms with Gasteiger partial charge in [-0.15, -0.1) is 0 Å². The number of rotatable bonds is 5. The summed E-state index contributed by atoms with van der Waals surface area (Å²) in [6, 6.07) is 3.45. The molecule has 0 atom stereocenters. The normalized spacial score (nSPS) is 16.9. The second kappa shape index (κ2) is 7.47. The Morgan fingerprint density at radius 3 is 2.23 bits per heavy atom. The molecule has 0 aromatic heterocycles. The fraction of sp³-hybridized carbons (Fsp3) is 0.650. The van der Waals surface area contributed by atoms with Crippen LogP contribution in [0.25, 0.3) is 0 Å². The molecular weight excluding hydrogens is 357 g/mol. The van der Waals surface area contributed by atoms with E-state index in [1.807, 2.05) is 0 Å². The fourth-order valence-corrected chi connectivity index (χ4v) is 3.96. The van der Waals surface area contributed by atoms with Gasteiger partial charge in [0.05, 0.1) is 12.2 Å². The standard InChI is InChI=1S/C20H29F3O2Si/c1-19(2,3)26(4,5)25-13-15-12-16(20(21,22)23)10-11-17(15)18(24)14-8-6-7-9-14/h10-12,14H,6-9,13H2,1-5H3. The third-order valence-electron chi connectivity index (χ3n) is 5.82. The van der Waals surface area contributed by atoms with E-state index in [9.17, 15) is 18.0 Å². The molecule has 1 aliphatic carbocycles. The van der Waals surface area contributed by atoms with E-state index < -0.39 is 20.1 Å². The maximum atomic E-state index is 13.1. The molecule has 0 bridgehead atoms. The summed E-state index contributed by atoms with van der Waals surface area (Å²) in [5, 5.41) is -0.0513. The summed E-state index contributed by atoms with van der Waals surface area (Å²) >= 11 is 0. The van der Waals surface area contributed by atoms with Gasteiger partial charge in [-0.3, -0.25) is 4.79 Å². The topological polar surface area (TPSA) is 26.3 Å². The van der Waals surface area contributed by atoms with Crippen molar-refractivity contribution in [2.75, 3.05) is 0 Å². The van der Waals surface area contributed by atoms with Crippen LogP contribution in [0.3, 0.4) is 0 Å². The first-order valence-electron chi connectivity index (χ1n) is 9.21. The highest BCUT2D eigenvalue weighted by molar-refractivity contribution is 6.74. The van der Waals surface area contributed by atoms with Crippen molar-refractivity contribution in [3.8, 4) is 0 Å². The SMILES string of the molecule is CC(C)(C)[Si](C)(C)OCc1cc(C(F)(F)F)ccc1C(=O)C1CCCC1. The lowest BCUT2D eigenvalue weighted by atomic mass is 9.92. The van der Waals surface area contributed by atoms with Gasteiger partial charge in [0.1, 0.15) is 0 Å². The minimum absolute atomic E-state index is 0.0370. The number of carbonyl (C=O) groups is 1. The average molecular weight is 387 g/mol. The third-order valence-corrected chi connectivity index (χ3v) is 10.3. The second-order valence-electron chi connectivity index (χ2n) is 8.76. The van der Waals surface area contributed by atoms with E-state index in [2.05, 4.69) is 33.9 Å². The summed E-state index contributed by atoms with van der Waals surface area (Å²) in [4.78, 5) is 12.8. The first kappa shape index (κ1) is 21.2. The highest BCUT2D eigenvalue weighted by Gasteiger charge is 2.38. The molecule has 1 aromatic rings. The maximum absolute atomic E-state index is 13.1. The van der Waals surface area contributed by atoms with Crippen molar-refractivity contribution in [2.24, 2.45) is 5.92 Å². The first-order valence-corrected chi connectivity index (χ1v) is 12.1. The number of Topliss-reactive ketones (excluding diaryl/α,β-unsaturated/α-hetero) is 1. The molecule has 0 unspecified atom stereocenters. The molecule has 0 N–H and O–H groups in total. The summed E-state index contributed by atoms with van der Waals surface area (Å²) in [5.74, 6) is -0.108. The largest absolute Gasteiger partial charge is 0.416 e. The zero-order valence-electron chi connectivity index (χ0n) is 16.3. The van der Waals surface area contributed by atoms with Gasteiger partial charge in [-0.2, -0.15) is 13.2 Å². The lowest BCUT2D eigenvalue weighted by Gasteiger charge is -2.36. The van der Waals surface area contributed by atoms with Crippen molar-refractivity contribution in [1.82, 2.24) is 0 Å². The summed E-state index contributed by atoms with van der Waals surface area (Å²) in [6.45, 7) is 10.4. The Kier molecular flexibility index (Phi) is 6.08. The molecule has 2 nitrogen and oxygen atoms in total. The molecule has 0 amide bonds. The Labute approximate surface area is 155 Å². The summed E-state index contributed by atoms with van der Waals surface area (Å²) in [6.07, 6.45) is -0.773. The van der Waals surface area contributed by atoms with E-state index in [0.717, 1.165) is 37.8 Å². The number of alkyl halides is 3. The van der Waals surface area contributed by atoms with E-state index >= 15 is 0 Å². The number of benzene rings is 1. The molecule has 6 heteroatoms. The fourth-order valence-electron chi connectivity index (χ4n) is 3.01. The highest BCUT2D eigenvalue weighted by Crippen LogP contribution is 2.38. The molecule has 0 heterocycles. The summed E-state index contributed by atoms with van der Waals surface area (Å²) in [5.41, 5.74) is 0.0273. The molecule has 1 aromatic carbocycles. The number of hydrogen-bond donors (Lipinski definition) is 0. The highest BCUT2D eigenvalue weighted by atomic mass is 28.4. The van der Waals surface area contributed by atoms with E-state index in [0.29, 0.717) is 11.1 Å². The molecule has 1 fully saturated rings. The Morgan fingerprint density at radius 2 is 1.73 bits per heavy atom. The van der Waals surface area contributed by atoms with Crippen LogP contribution in [0.2, 0.25) is 18.1 Å². The lowest BCUT2D eigenvalue weighted by Crippen LogP contribution is -2.40. The van der Waals surface area contributed by atoms with E-state index in [-0.39, 0.29) is 23.3 Å². The summed E-state index contributed by atoms with van der Waals surface area (Å²) < 4.78 is 45.6. The Balaban J connectivity index is 2.34. The van der Waals surface area contributed by atoms with Crippen molar-refractivity contribution in [2.45, 2.75) is 77.4 Å². The van der Waals surface area contributed by atoms with Gasteiger partial charge < -0.3 is 4.43 Å². The van der Waals surface area contributed by atoms with Gasteiger partial charge in [-0.05, 0) is 48.7 Å². The molecular formula is C20H29F3O2Si. The Hall–Kier alpha value is -1.14. The lowest BCUT2D eigenvalue weighted by molar-refractivity contribution is -0.137. The van der Waals surface area contributed by atoms with Crippen LogP contribution < -0.4 is 0 Å². The van der Waals surface area contributed by atoms with Crippen LogP contribution in [0.4, 0.5) is 13.2 Å². The van der Waals surface area contributed by atoms with Crippen molar-refractivity contribution in [3.05, 3.63) is 34.9 Å². The molecule has 1 saturated carbocycles. The molecule has 1 aliphatic rings. The third kappa shape index (κ3) is 4.77. The molecule has 0 spiro atoms. The van der Waals surface area contributed by atoms with Crippen LogP contribution in [0.15, 0.2) is 18.2 Å². The van der Waals surface area contributed by atoms with Crippen molar-refractivity contribution in [3.63, 3.8) is 0 Å². The van der Waals surface area contributed by atoms with Crippen LogP contribution in [-0.2, 0) is 17.2 Å². The molecule has 146 valence electrons. The van der Waals surface area contributed by atoms with Crippen LogP contribution in [0, 0.1) is 5.92 Å². The average Bonchev–Trinajstić information content (AvgIpc) is 3.04. The van der Waals surface area contributed by atoms with Crippen molar-refractivity contribution in [1.29, 1.82) is 0 Å². The zero-order chi connectivity index (χ0) is 19.8. The van der Waals surface area contributed by atoms with Crippen molar-refractivity contribution < 1.29 is 22.4 Å². The Bertz CT molecular complexity index is 654. The number of halogens is 3. The van der Waals surface area contributed by atoms with Gasteiger partial charge in [0.15, 0.2) is 14.1 Å². The summed E-state index contributed by atoms with van der Waals surface area (Å²) in [7, 11) is -2.13. The predicted octanol–water partition coefficient (Wildman–Crippen LogP) is 6.60. The predicted molar refractivity (Wildman–Crippen MR) is 99.7 cm³/mol. The maximum Gasteiger partial charge on any atom is 0.416 e. The minimum Gasteiger partial charge on any atom is -0.413 e.